The van der Waals surface area contributed by atoms with E-state index in [9.17, 15) is 4.79 Å². The molecule has 1 heterocycles. The van der Waals surface area contributed by atoms with Crippen LogP contribution in [-0.2, 0) is 7.05 Å². The van der Waals surface area contributed by atoms with Gasteiger partial charge in [-0.1, -0.05) is 0 Å². The molecule has 0 saturated carbocycles. The maximum atomic E-state index is 11.4. The Kier molecular flexibility index (Phi) is 2.14. The fourth-order valence-corrected chi connectivity index (χ4v) is 0.923. The molecule has 13 heavy (non-hydrogen) atoms. The van der Waals surface area contributed by atoms with Crippen LogP contribution in [0.15, 0.2) is 0 Å². The summed E-state index contributed by atoms with van der Waals surface area (Å²) in [4.78, 5) is 12.8. The predicted octanol–water partition coefficient (Wildman–Crippen LogP) is -0.714. The van der Waals surface area contributed by atoms with Crippen molar-refractivity contribution in [2.24, 2.45) is 7.05 Å². The minimum absolute atomic E-state index is 0.199. The number of anilines is 2. The summed E-state index contributed by atoms with van der Waals surface area (Å²) in [6.45, 7) is 0. The van der Waals surface area contributed by atoms with E-state index in [-0.39, 0.29) is 17.3 Å². The van der Waals surface area contributed by atoms with E-state index in [0.717, 1.165) is 0 Å². The molecule has 0 aromatic carbocycles. The molecule has 1 aromatic heterocycles. The number of nitrogen functional groups attached to an aromatic ring is 2. The maximum absolute atomic E-state index is 11.4. The first-order valence-corrected chi connectivity index (χ1v) is 3.74. The first kappa shape index (κ1) is 9.37. The van der Waals surface area contributed by atoms with E-state index in [1.807, 2.05) is 0 Å². The Bertz CT molecular complexity index is 341. The lowest BCUT2D eigenvalue weighted by molar-refractivity contribution is 0.0822. The van der Waals surface area contributed by atoms with E-state index in [2.05, 4.69) is 5.10 Å². The molecule has 0 aliphatic heterocycles. The fraction of sp³-hybridized carbons (Fsp3) is 0.429. The summed E-state index contributed by atoms with van der Waals surface area (Å²) < 4.78 is 1.38. The zero-order valence-electron chi connectivity index (χ0n) is 7.90. The van der Waals surface area contributed by atoms with E-state index in [1.54, 1.807) is 21.1 Å². The molecule has 0 unspecified atom stereocenters. The quantitative estimate of drug-likeness (QED) is 0.601. The first-order chi connectivity index (χ1) is 5.95. The highest BCUT2D eigenvalue weighted by Crippen LogP contribution is 2.18. The van der Waals surface area contributed by atoms with Gasteiger partial charge in [-0.25, -0.2) is 0 Å². The Morgan fingerprint density at radius 3 is 2.31 bits per heavy atom. The number of carbonyl (C=O) groups is 1. The topological polar surface area (TPSA) is 90.2 Å². The molecule has 0 bridgehead atoms. The van der Waals surface area contributed by atoms with Crippen LogP contribution in [0.1, 0.15) is 10.5 Å². The molecular weight excluding hydrogens is 170 g/mol. The van der Waals surface area contributed by atoms with Crippen LogP contribution in [0.4, 0.5) is 11.5 Å². The zero-order chi connectivity index (χ0) is 10.2. The Morgan fingerprint density at radius 2 is 2.00 bits per heavy atom. The van der Waals surface area contributed by atoms with Crippen LogP contribution in [0.5, 0.6) is 0 Å². The van der Waals surface area contributed by atoms with Crippen LogP contribution in [0.25, 0.3) is 0 Å². The van der Waals surface area contributed by atoms with Gasteiger partial charge >= 0.3 is 0 Å². The molecule has 1 aromatic rings. The number of amides is 1. The number of carbonyl (C=O) groups excluding carboxylic acids is 1. The summed E-state index contributed by atoms with van der Waals surface area (Å²) >= 11 is 0. The Labute approximate surface area is 76.1 Å². The molecule has 0 spiro atoms. The second-order valence-corrected chi connectivity index (χ2v) is 2.97. The van der Waals surface area contributed by atoms with E-state index in [0.29, 0.717) is 5.82 Å². The third kappa shape index (κ3) is 1.42. The normalized spacial score (nSPS) is 10.1. The average Bonchev–Trinajstić information content (AvgIpc) is 2.31. The van der Waals surface area contributed by atoms with Crippen LogP contribution in [0.2, 0.25) is 0 Å². The minimum Gasteiger partial charge on any atom is -0.394 e. The lowest BCUT2D eigenvalue weighted by Gasteiger charge is -2.07. The second kappa shape index (κ2) is 2.96. The Morgan fingerprint density at radius 1 is 1.46 bits per heavy atom. The maximum Gasteiger partial charge on any atom is 0.276 e. The van der Waals surface area contributed by atoms with Gasteiger partial charge in [0, 0.05) is 21.1 Å². The number of aryl methyl sites for hydroxylation is 1. The molecule has 6 heteroatoms. The Balaban J connectivity index is 3.16. The van der Waals surface area contributed by atoms with Crippen molar-refractivity contribution in [3.05, 3.63) is 5.69 Å². The molecule has 0 atom stereocenters. The standard InChI is InChI=1S/C7H13N5O/c1-11(2)7(13)5-4(8)6(9)12(3)10-5/h8-9H2,1-3H3. The van der Waals surface area contributed by atoms with Crippen molar-refractivity contribution in [3.63, 3.8) is 0 Å². The molecule has 6 nitrogen and oxygen atoms in total. The summed E-state index contributed by atoms with van der Waals surface area (Å²) in [5.41, 5.74) is 11.6. The summed E-state index contributed by atoms with van der Waals surface area (Å²) in [5, 5.41) is 3.91. The smallest absolute Gasteiger partial charge is 0.276 e. The third-order valence-electron chi connectivity index (χ3n) is 1.74. The molecule has 0 aliphatic carbocycles. The summed E-state index contributed by atoms with van der Waals surface area (Å²) in [6, 6.07) is 0. The number of rotatable bonds is 1. The fourth-order valence-electron chi connectivity index (χ4n) is 0.923. The molecular formula is C7H13N5O. The van der Waals surface area contributed by atoms with E-state index < -0.39 is 0 Å². The van der Waals surface area contributed by atoms with Crippen LogP contribution >= 0.6 is 0 Å². The van der Waals surface area contributed by atoms with Gasteiger partial charge in [-0.15, -0.1) is 0 Å². The lowest BCUT2D eigenvalue weighted by Crippen LogP contribution is -2.23. The van der Waals surface area contributed by atoms with Gasteiger partial charge in [-0.2, -0.15) is 5.10 Å². The van der Waals surface area contributed by atoms with Crippen LogP contribution in [0, 0.1) is 0 Å². The highest BCUT2D eigenvalue weighted by atomic mass is 16.2. The molecule has 0 saturated heterocycles. The minimum atomic E-state index is -0.246. The number of hydrogen-bond donors (Lipinski definition) is 2. The van der Waals surface area contributed by atoms with Gasteiger partial charge in [0.2, 0.25) is 0 Å². The molecule has 0 radical (unpaired) electrons. The van der Waals surface area contributed by atoms with Gasteiger partial charge in [0.05, 0.1) is 0 Å². The molecule has 0 fully saturated rings. The number of hydrogen-bond acceptors (Lipinski definition) is 4. The monoisotopic (exact) mass is 183 g/mol. The third-order valence-corrected chi connectivity index (χ3v) is 1.74. The van der Waals surface area contributed by atoms with Crippen molar-refractivity contribution < 1.29 is 4.79 Å². The average molecular weight is 183 g/mol. The van der Waals surface area contributed by atoms with E-state index in [1.165, 1.54) is 9.58 Å². The number of aromatic nitrogens is 2. The van der Waals surface area contributed by atoms with Crippen LogP contribution in [-0.4, -0.2) is 34.7 Å². The van der Waals surface area contributed by atoms with Gasteiger partial charge in [-0.05, 0) is 0 Å². The molecule has 72 valence electrons. The number of nitrogens with zero attached hydrogens (tertiary/aromatic N) is 3. The molecule has 1 amide bonds. The van der Waals surface area contributed by atoms with Crippen LogP contribution in [0.3, 0.4) is 0 Å². The van der Waals surface area contributed by atoms with Crippen molar-refractivity contribution in [2.75, 3.05) is 25.6 Å². The number of nitrogens with two attached hydrogens (primary N) is 2. The van der Waals surface area contributed by atoms with Gasteiger partial charge in [0.1, 0.15) is 11.5 Å². The lowest BCUT2D eigenvalue weighted by atomic mass is 10.3. The second-order valence-electron chi connectivity index (χ2n) is 2.97. The summed E-state index contributed by atoms with van der Waals surface area (Å²) in [5.74, 6) is 0.0648. The van der Waals surface area contributed by atoms with E-state index >= 15 is 0 Å². The molecule has 4 N–H and O–H groups in total. The van der Waals surface area contributed by atoms with Gasteiger partial charge in [-0.3, -0.25) is 9.48 Å². The van der Waals surface area contributed by atoms with Crippen LogP contribution < -0.4 is 11.5 Å². The van der Waals surface area contributed by atoms with Gasteiger partial charge in [0.25, 0.3) is 5.91 Å². The SMILES string of the molecule is CN(C)C(=O)c1nn(C)c(N)c1N. The van der Waals surface area contributed by atoms with Crippen molar-refractivity contribution in [1.29, 1.82) is 0 Å². The Hall–Kier alpha value is -1.72. The summed E-state index contributed by atoms with van der Waals surface area (Å²) in [6.07, 6.45) is 0. The van der Waals surface area contributed by atoms with Gasteiger partial charge in [0.15, 0.2) is 5.69 Å². The molecule has 1 rings (SSSR count). The van der Waals surface area contributed by atoms with Crippen molar-refractivity contribution in [3.8, 4) is 0 Å². The van der Waals surface area contributed by atoms with Crippen molar-refractivity contribution in [1.82, 2.24) is 14.7 Å². The zero-order valence-corrected chi connectivity index (χ0v) is 7.90. The summed E-state index contributed by atoms with van der Waals surface area (Å²) in [7, 11) is 4.90. The highest BCUT2D eigenvalue weighted by Gasteiger charge is 2.18. The van der Waals surface area contributed by atoms with Gasteiger partial charge < -0.3 is 16.4 Å². The van der Waals surface area contributed by atoms with E-state index in [4.69, 9.17) is 11.5 Å². The van der Waals surface area contributed by atoms with Crippen molar-refractivity contribution in [2.45, 2.75) is 0 Å². The predicted molar refractivity (Wildman–Crippen MR) is 50.1 cm³/mol. The first-order valence-electron chi connectivity index (χ1n) is 3.74. The highest BCUT2D eigenvalue weighted by molar-refractivity contribution is 5.99. The van der Waals surface area contributed by atoms with Crippen molar-refractivity contribution >= 4 is 17.4 Å². The largest absolute Gasteiger partial charge is 0.394 e. The molecule has 0 aliphatic rings.